The highest BCUT2D eigenvalue weighted by molar-refractivity contribution is 5.49. The van der Waals surface area contributed by atoms with E-state index in [0.717, 1.165) is 18.8 Å². The van der Waals surface area contributed by atoms with E-state index in [0.29, 0.717) is 0 Å². The van der Waals surface area contributed by atoms with Crippen LogP contribution in [0.2, 0.25) is 0 Å². The molecule has 3 nitrogen and oxygen atoms in total. The van der Waals surface area contributed by atoms with E-state index < -0.39 is 0 Å². The smallest absolute Gasteiger partial charge is 0.126 e. The first kappa shape index (κ1) is 16.0. The molecule has 0 bridgehead atoms. The minimum absolute atomic E-state index is 0.0981. The van der Waals surface area contributed by atoms with Crippen molar-refractivity contribution in [3.63, 3.8) is 0 Å². The Labute approximate surface area is 117 Å². The molecular formula is C16H28N2O. The lowest BCUT2D eigenvalue weighted by atomic mass is 9.98. The van der Waals surface area contributed by atoms with Gasteiger partial charge in [-0.05, 0) is 58.4 Å². The summed E-state index contributed by atoms with van der Waals surface area (Å²) in [4.78, 5) is 0. The fourth-order valence-electron chi connectivity index (χ4n) is 2.19. The highest BCUT2D eigenvalue weighted by Crippen LogP contribution is 2.29. The summed E-state index contributed by atoms with van der Waals surface area (Å²) >= 11 is 0. The van der Waals surface area contributed by atoms with E-state index in [4.69, 9.17) is 4.74 Å². The van der Waals surface area contributed by atoms with Crippen molar-refractivity contribution < 1.29 is 4.74 Å². The normalized spacial score (nSPS) is 11.7. The Morgan fingerprint density at radius 1 is 1.16 bits per heavy atom. The van der Waals surface area contributed by atoms with E-state index in [1.807, 2.05) is 7.05 Å². The first-order valence-corrected chi connectivity index (χ1v) is 6.85. The quantitative estimate of drug-likeness (QED) is 0.829. The number of aryl methyl sites for hydroxylation is 2. The van der Waals surface area contributed by atoms with Crippen molar-refractivity contribution in [3.8, 4) is 5.75 Å². The summed E-state index contributed by atoms with van der Waals surface area (Å²) in [5.74, 6) is 1.02. The SMILES string of the molecule is CNC(C)(C)CNCc1c(C)cc(C)c(C)c1OC. The van der Waals surface area contributed by atoms with Gasteiger partial charge in [0.05, 0.1) is 7.11 Å². The minimum atomic E-state index is 0.0981. The van der Waals surface area contributed by atoms with Gasteiger partial charge in [0.15, 0.2) is 0 Å². The summed E-state index contributed by atoms with van der Waals surface area (Å²) in [6.45, 7) is 12.5. The van der Waals surface area contributed by atoms with Crippen molar-refractivity contribution in [2.75, 3.05) is 20.7 Å². The van der Waals surface area contributed by atoms with Crippen LogP contribution >= 0.6 is 0 Å². The monoisotopic (exact) mass is 264 g/mol. The van der Waals surface area contributed by atoms with Crippen molar-refractivity contribution in [1.82, 2.24) is 10.6 Å². The molecule has 1 rings (SSSR count). The molecule has 0 saturated carbocycles. The summed E-state index contributed by atoms with van der Waals surface area (Å²) in [5, 5.41) is 6.81. The van der Waals surface area contributed by atoms with Crippen LogP contribution in [0.4, 0.5) is 0 Å². The molecule has 108 valence electrons. The van der Waals surface area contributed by atoms with Gasteiger partial charge < -0.3 is 15.4 Å². The number of hydrogen-bond acceptors (Lipinski definition) is 3. The zero-order valence-corrected chi connectivity index (χ0v) is 13.4. The molecule has 0 saturated heterocycles. The van der Waals surface area contributed by atoms with E-state index in [2.05, 4.69) is 51.3 Å². The molecule has 0 amide bonds. The fraction of sp³-hybridized carbons (Fsp3) is 0.625. The lowest BCUT2D eigenvalue weighted by Crippen LogP contribution is -2.45. The first-order chi connectivity index (χ1) is 8.82. The zero-order chi connectivity index (χ0) is 14.6. The van der Waals surface area contributed by atoms with Crippen molar-refractivity contribution in [1.29, 1.82) is 0 Å². The molecule has 1 aromatic carbocycles. The second-order valence-corrected chi connectivity index (χ2v) is 5.88. The molecule has 0 atom stereocenters. The molecule has 0 aliphatic rings. The van der Waals surface area contributed by atoms with E-state index in [1.54, 1.807) is 7.11 Å². The highest BCUT2D eigenvalue weighted by atomic mass is 16.5. The standard InChI is InChI=1S/C16H28N2O/c1-11-8-12(2)14(15(19-7)13(11)3)9-18-10-16(4,5)17-6/h8,17-18H,9-10H2,1-7H3. The van der Waals surface area contributed by atoms with Crippen molar-refractivity contribution in [3.05, 3.63) is 28.3 Å². The number of ether oxygens (including phenoxy) is 1. The van der Waals surface area contributed by atoms with Crippen molar-refractivity contribution in [2.45, 2.75) is 46.7 Å². The molecule has 1 aromatic rings. The topological polar surface area (TPSA) is 33.3 Å². The Hall–Kier alpha value is -1.06. The maximum absolute atomic E-state index is 5.59. The van der Waals surface area contributed by atoms with E-state index >= 15 is 0 Å². The fourth-order valence-corrected chi connectivity index (χ4v) is 2.19. The van der Waals surface area contributed by atoms with Gasteiger partial charge in [-0.3, -0.25) is 0 Å². The third kappa shape index (κ3) is 3.95. The van der Waals surface area contributed by atoms with Gasteiger partial charge in [-0.25, -0.2) is 0 Å². The van der Waals surface area contributed by atoms with Gasteiger partial charge in [-0.2, -0.15) is 0 Å². The van der Waals surface area contributed by atoms with Gasteiger partial charge in [0.2, 0.25) is 0 Å². The Morgan fingerprint density at radius 3 is 2.32 bits per heavy atom. The van der Waals surface area contributed by atoms with Crippen LogP contribution in [-0.4, -0.2) is 26.2 Å². The van der Waals surface area contributed by atoms with Crippen LogP contribution < -0.4 is 15.4 Å². The summed E-state index contributed by atoms with van der Waals surface area (Å²) in [5.41, 5.74) is 5.17. The number of likely N-dealkylation sites (N-methyl/N-ethyl adjacent to an activating group) is 1. The van der Waals surface area contributed by atoms with E-state index in [1.165, 1.54) is 22.3 Å². The van der Waals surface area contributed by atoms with Crippen molar-refractivity contribution >= 4 is 0 Å². The average Bonchev–Trinajstić information content (AvgIpc) is 2.35. The third-order valence-electron chi connectivity index (χ3n) is 3.86. The van der Waals surface area contributed by atoms with Gasteiger partial charge in [0.1, 0.15) is 5.75 Å². The molecule has 0 heterocycles. The van der Waals surface area contributed by atoms with Crippen LogP contribution in [0.3, 0.4) is 0 Å². The Balaban J connectivity index is 2.87. The van der Waals surface area contributed by atoms with Crippen LogP contribution in [0.5, 0.6) is 5.75 Å². The first-order valence-electron chi connectivity index (χ1n) is 6.85. The van der Waals surface area contributed by atoms with Crippen LogP contribution in [0.15, 0.2) is 6.07 Å². The Morgan fingerprint density at radius 2 is 1.79 bits per heavy atom. The molecule has 3 heteroatoms. The lowest BCUT2D eigenvalue weighted by molar-refractivity contribution is 0.382. The molecule has 0 aromatic heterocycles. The molecule has 0 radical (unpaired) electrons. The third-order valence-corrected chi connectivity index (χ3v) is 3.86. The largest absolute Gasteiger partial charge is 0.496 e. The number of nitrogens with one attached hydrogen (secondary N) is 2. The summed E-state index contributed by atoms with van der Waals surface area (Å²) in [7, 11) is 3.74. The van der Waals surface area contributed by atoms with Crippen LogP contribution in [-0.2, 0) is 6.54 Å². The highest BCUT2D eigenvalue weighted by Gasteiger charge is 2.16. The van der Waals surface area contributed by atoms with E-state index in [-0.39, 0.29) is 5.54 Å². The second kappa shape index (κ2) is 6.40. The Kier molecular flexibility index (Phi) is 5.39. The predicted molar refractivity (Wildman–Crippen MR) is 82.1 cm³/mol. The van der Waals surface area contributed by atoms with Gasteiger partial charge in [-0.15, -0.1) is 0 Å². The minimum Gasteiger partial charge on any atom is -0.496 e. The maximum Gasteiger partial charge on any atom is 0.126 e. The molecule has 2 N–H and O–H groups in total. The van der Waals surface area contributed by atoms with Crippen LogP contribution in [0.1, 0.15) is 36.1 Å². The maximum atomic E-state index is 5.59. The number of methoxy groups -OCH3 is 1. The molecule has 0 unspecified atom stereocenters. The summed E-state index contributed by atoms with van der Waals surface area (Å²) in [6, 6.07) is 2.23. The van der Waals surface area contributed by atoms with Gasteiger partial charge in [0.25, 0.3) is 0 Å². The molecule has 0 spiro atoms. The van der Waals surface area contributed by atoms with E-state index in [9.17, 15) is 0 Å². The predicted octanol–water partition coefficient (Wildman–Crippen LogP) is 2.71. The number of hydrogen-bond donors (Lipinski definition) is 2. The van der Waals surface area contributed by atoms with Gasteiger partial charge in [0, 0.05) is 24.2 Å². The summed E-state index contributed by atoms with van der Waals surface area (Å²) < 4.78 is 5.59. The average molecular weight is 264 g/mol. The number of benzene rings is 1. The lowest BCUT2D eigenvalue weighted by Gasteiger charge is -2.25. The number of rotatable bonds is 6. The second-order valence-electron chi connectivity index (χ2n) is 5.88. The van der Waals surface area contributed by atoms with Crippen molar-refractivity contribution in [2.24, 2.45) is 0 Å². The zero-order valence-electron chi connectivity index (χ0n) is 13.4. The Bertz CT molecular complexity index is 439. The van der Waals surface area contributed by atoms with Crippen LogP contribution in [0, 0.1) is 20.8 Å². The van der Waals surface area contributed by atoms with Gasteiger partial charge >= 0.3 is 0 Å². The molecule has 0 fully saturated rings. The van der Waals surface area contributed by atoms with Crippen LogP contribution in [0.25, 0.3) is 0 Å². The molecule has 19 heavy (non-hydrogen) atoms. The molecule has 0 aliphatic heterocycles. The molecule has 0 aliphatic carbocycles. The molecular weight excluding hydrogens is 236 g/mol. The summed E-state index contributed by atoms with van der Waals surface area (Å²) in [6.07, 6.45) is 0. The van der Waals surface area contributed by atoms with Gasteiger partial charge in [-0.1, -0.05) is 6.07 Å².